The van der Waals surface area contributed by atoms with Crippen LogP contribution >= 0.6 is 0 Å². The summed E-state index contributed by atoms with van der Waals surface area (Å²) in [5.41, 5.74) is 2.97. The summed E-state index contributed by atoms with van der Waals surface area (Å²) in [6.07, 6.45) is 0. The summed E-state index contributed by atoms with van der Waals surface area (Å²) >= 11 is 0. The van der Waals surface area contributed by atoms with Crippen LogP contribution in [-0.4, -0.2) is 74.3 Å². The van der Waals surface area contributed by atoms with E-state index in [9.17, 15) is 9.59 Å². The maximum absolute atomic E-state index is 15.7. The van der Waals surface area contributed by atoms with Crippen molar-refractivity contribution in [3.05, 3.63) is 71.3 Å². The average molecular weight is 561 g/mol. The molecule has 9 nitrogen and oxygen atoms in total. The van der Waals surface area contributed by atoms with E-state index in [-0.39, 0.29) is 23.3 Å². The summed E-state index contributed by atoms with van der Waals surface area (Å²) in [4.78, 5) is 36.9. The molecular weight excluding hydrogens is 527 g/mol. The van der Waals surface area contributed by atoms with E-state index < -0.39 is 5.97 Å². The van der Waals surface area contributed by atoms with Gasteiger partial charge < -0.3 is 29.0 Å². The molecule has 10 heteroatoms. The van der Waals surface area contributed by atoms with E-state index in [0.29, 0.717) is 65.7 Å². The van der Waals surface area contributed by atoms with Crippen molar-refractivity contribution in [1.82, 2.24) is 14.9 Å². The molecule has 1 aliphatic rings. The normalized spacial score (nSPS) is 13.5. The Morgan fingerprint density at radius 2 is 1.63 bits per heavy atom. The summed E-state index contributed by atoms with van der Waals surface area (Å²) in [6.45, 7) is 5.63. The third-order valence-corrected chi connectivity index (χ3v) is 7.45. The van der Waals surface area contributed by atoms with Crippen molar-refractivity contribution in [2.24, 2.45) is 0 Å². The van der Waals surface area contributed by atoms with Gasteiger partial charge in [-0.15, -0.1) is 0 Å². The zero-order chi connectivity index (χ0) is 29.3. The van der Waals surface area contributed by atoms with Gasteiger partial charge in [-0.2, -0.15) is 0 Å². The van der Waals surface area contributed by atoms with Gasteiger partial charge in [0.1, 0.15) is 11.4 Å². The summed E-state index contributed by atoms with van der Waals surface area (Å²) < 4.78 is 31.6. The lowest BCUT2D eigenvalue weighted by atomic mass is 9.93. The maximum atomic E-state index is 15.7. The Hall–Kier alpha value is -4.60. The lowest BCUT2D eigenvalue weighted by Gasteiger charge is -2.35. The van der Waals surface area contributed by atoms with Gasteiger partial charge in [0.25, 0.3) is 5.91 Å². The Kier molecular flexibility index (Phi) is 7.83. The predicted molar refractivity (Wildman–Crippen MR) is 155 cm³/mol. The Balaban J connectivity index is 1.45. The lowest BCUT2D eigenvalue weighted by Crippen LogP contribution is -2.49. The summed E-state index contributed by atoms with van der Waals surface area (Å²) in [7, 11) is 4.44. The van der Waals surface area contributed by atoms with E-state index in [0.717, 1.165) is 11.1 Å². The Labute approximate surface area is 237 Å². The highest BCUT2D eigenvalue weighted by atomic mass is 19.1. The minimum Gasteiger partial charge on any atom is -0.496 e. The number of fused-ring (bicyclic) bond motifs is 1. The quantitative estimate of drug-likeness (QED) is 0.308. The first-order valence-corrected chi connectivity index (χ1v) is 13.4. The number of pyridine rings is 1. The number of H-pyrrole nitrogens is 1. The molecule has 214 valence electrons. The molecule has 0 atom stereocenters. The van der Waals surface area contributed by atoms with Gasteiger partial charge in [-0.3, -0.25) is 4.79 Å². The number of hydrogen-bond acceptors (Lipinski definition) is 7. The smallest absolute Gasteiger partial charge is 0.356 e. The highest BCUT2D eigenvalue weighted by Gasteiger charge is 2.28. The lowest BCUT2D eigenvalue weighted by molar-refractivity contribution is 0.0594. The topological polar surface area (TPSA) is 97.0 Å². The van der Waals surface area contributed by atoms with E-state index in [4.69, 9.17) is 14.2 Å². The van der Waals surface area contributed by atoms with Crippen molar-refractivity contribution >= 4 is 28.6 Å². The molecule has 0 unspecified atom stereocenters. The summed E-state index contributed by atoms with van der Waals surface area (Å²) in [5.74, 6) is 0.516. The second-order valence-corrected chi connectivity index (χ2v) is 10.1. The zero-order valence-corrected chi connectivity index (χ0v) is 23.8. The summed E-state index contributed by atoms with van der Waals surface area (Å²) in [5, 5.41) is 0.618. The van der Waals surface area contributed by atoms with Crippen molar-refractivity contribution in [3.8, 4) is 22.6 Å². The number of aromatic amines is 1. The van der Waals surface area contributed by atoms with Crippen LogP contribution in [0.15, 0.2) is 48.5 Å². The van der Waals surface area contributed by atoms with E-state index in [1.54, 1.807) is 30.2 Å². The van der Waals surface area contributed by atoms with Crippen LogP contribution in [0.1, 0.15) is 46.3 Å². The van der Waals surface area contributed by atoms with Gasteiger partial charge in [-0.25, -0.2) is 14.2 Å². The second kappa shape index (κ2) is 11.5. The molecule has 0 spiro atoms. The number of esters is 1. The van der Waals surface area contributed by atoms with Crippen LogP contribution in [0.4, 0.5) is 10.2 Å². The fourth-order valence-corrected chi connectivity index (χ4v) is 5.24. The van der Waals surface area contributed by atoms with Crippen molar-refractivity contribution < 1.29 is 28.2 Å². The number of halogens is 1. The minimum absolute atomic E-state index is 0.0633. The molecule has 1 fully saturated rings. The number of rotatable bonds is 7. The van der Waals surface area contributed by atoms with Crippen LogP contribution in [0.3, 0.4) is 0 Å². The number of piperazine rings is 1. The monoisotopic (exact) mass is 560 g/mol. The van der Waals surface area contributed by atoms with Crippen LogP contribution in [-0.2, 0) is 4.74 Å². The van der Waals surface area contributed by atoms with Gasteiger partial charge in [0, 0.05) is 37.1 Å². The number of carbonyl (C=O) groups is 2. The molecule has 0 bridgehead atoms. The SMILES string of the molecule is COC(=O)c1ccc(OC)c(N2CCN(C(=O)c3cc4c(-c5ccccc5OC)cc(C(C)C)c(F)c4[nH]3)CC2)n1. The highest BCUT2D eigenvalue weighted by molar-refractivity contribution is 6.04. The molecule has 2 aromatic carbocycles. The van der Waals surface area contributed by atoms with Gasteiger partial charge >= 0.3 is 5.97 Å². The number of ether oxygens (including phenoxy) is 3. The second-order valence-electron chi connectivity index (χ2n) is 10.1. The van der Waals surface area contributed by atoms with Crippen molar-refractivity contribution in [2.75, 3.05) is 52.4 Å². The molecule has 0 aliphatic carbocycles. The molecule has 1 saturated heterocycles. The summed E-state index contributed by atoms with van der Waals surface area (Å²) in [6, 6.07) is 14.4. The molecular formula is C31H33FN4O5. The molecule has 4 aromatic rings. The van der Waals surface area contributed by atoms with Gasteiger partial charge in [0.15, 0.2) is 23.1 Å². The van der Waals surface area contributed by atoms with Crippen LogP contribution in [0.25, 0.3) is 22.0 Å². The molecule has 3 heterocycles. The number of nitrogens with zero attached hydrogens (tertiary/aromatic N) is 3. The standard InChI is InChI=1S/C31H33FN4O5/c1-18(2)20-16-21(19-8-6-7-9-25(19)39-3)22-17-24(33-28(22)27(20)32)30(37)36-14-12-35(13-15-36)29-26(40-4)11-10-23(34-29)31(38)41-5/h6-11,16-18,33H,12-15H2,1-5H3. The van der Waals surface area contributed by atoms with Gasteiger partial charge in [0.2, 0.25) is 0 Å². The van der Waals surface area contributed by atoms with E-state index in [1.807, 2.05) is 49.1 Å². The largest absolute Gasteiger partial charge is 0.496 e. The molecule has 1 amide bonds. The van der Waals surface area contributed by atoms with Crippen molar-refractivity contribution in [2.45, 2.75) is 19.8 Å². The first kappa shape index (κ1) is 27.9. The van der Waals surface area contributed by atoms with Crippen LogP contribution in [0.5, 0.6) is 11.5 Å². The first-order valence-electron chi connectivity index (χ1n) is 13.4. The zero-order valence-electron chi connectivity index (χ0n) is 23.8. The van der Waals surface area contributed by atoms with Crippen molar-refractivity contribution in [3.63, 3.8) is 0 Å². The number of amides is 1. The fraction of sp³-hybridized carbons (Fsp3) is 0.323. The minimum atomic E-state index is -0.540. The molecule has 41 heavy (non-hydrogen) atoms. The number of anilines is 1. The van der Waals surface area contributed by atoms with Gasteiger partial charge in [0.05, 0.1) is 26.8 Å². The third-order valence-electron chi connectivity index (χ3n) is 7.45. The van der Waals surface area contributed by atoms with Crippen LogP contribution in [0.2, 0.25) is 0 Å². The number of para-hydroxylation sites is 1. The first-order chi connectivity index (χ1) is 19.8. The van der Waals surface area contributed by atoms with Crippen LogP contribution < -0.4 is 14.4 Å². The third kappa shape index (κ3) is 5.17. The number of nitrogens with one attached hydrogen (secondary N) is 1. The molecule has 1 N–H and O–H groups in total. The molecule has 0 radical (unpaired) electrons. The molecule has 2 aromatic heterocycles. The van der Waals surface area contributed by atoms with Gasteiger partial charge in [-0.1, -0.05) is 32.0 Å². The van der Waals surface area contributed by atoms with Crippen molar-refractivity contribution in [1.29, 1.82) is 0 Å². The van der Waals surface area contributed by atoms with E-state index in [1.165, 1.54) is 14.2 Å². The highest BCUT2D eigenvalue weighted by Crippen LogP contribution is 2.39. The van der Waals surface area contributed by atoms with Gasteiger partial charge in [-0.05, 0) is 47.4 Å². The molecule has 0 saturated carbocycles. The fourth-order valence-electron chi connectivity index (χ4n) is 5.24. The van der Waals surface area contributed by atoms with Crippen LogP contribution in [0, 0.1) is 5.82 Å². The average Bonchev–Trinajstić information content (AvgIpc) is 3.46. The number of benzene rings is 2. The predicted octanol–water partition coefficient (Wildman–Crippen LogP) is 5.26. The molecule has 1 aliphatic heterocycles. The number of hydrogen-bond donors (Lipinski definition) is 1. The number of aromatic nitrogens is 2. The van der Waals surface area contributed by atoms with E-state index >= 15 is 4.39 Å². The maximum Gasteiger partial charge on any atom is 0.356 e. The van der Waals surface area contributed by atoms with E-state index in [2.05, 4.69) is 9.97 Å². The number of methoxy groups -OCH3 is 3. The Bertz CT molecular complexity index is 1610. The number of carbonyl (C=O) groups excluding carboxylic acids is 2. The Morgan fingerprint density at radius 1 is 0.927 bits per heavy atom. The molecule has 5 rings (SSSR count). The Morgan fingerprint density at radius 3 is 2.29 bits per heavy atom.